The Kier molecular flexibility index (Phi) is 11.2. The number of carbonyl (C=O) groups is 1. The molecule has 0 aliphatic carbocycles. The predicted octanol–water partition coefficient (Wildman–Crippen LogP) is 2.86. The minimum atomic E-state index is -1.23. The molecule has 0 radical (unpaired) electrons. The van der Waals surface area contributed by atoms with Gasteiger partial charge in [-0.2, -0.15) is 0 Å². The summed E-state index contributed by atoms with van der Waals surface area (Å²) in [5, 5.41) is 19.9. The van der Waals surface area contributed by atoms with Crippen molar-refractivity contribution in [1.29, 1.82) is 0 Å². The number of fused-ring (bicyclic) bond motifs is 1. The van der Waals surface area contributed by atoms with E-state index in [1.165, 1.54) is 13.3 Å². The van der Waals surface area contributed by atoms with Crippen LogP contribution in [0.3, 0.4) is 0 Å². The van der Waals surface area contributed by atoms with E-state index in [0.29, 0.717) is 43.7 Å². The molecule has 0 bridgehead atoms. The fraction of sp³-hybridized carbons (Fsp3) is 0.320. The third-order valence-corrected chi connectivity index (χ3v) is 4.44. The van der Waals surface area contributed by atoms with Gasteiger partial charge in [0.2, 0.25) is 0 Å². The van der Waals surface area contributed by atoms with Crippen LogP contribution in [0.5, 0.6) is 11.5 Å². The molecule has 10 nitrogen and oxygen atoms in total. The smallest absolute Gasteiger partial charge is 0.332 e. The molecule has 0 aliphatic rings. The van der Waals surface area contributed by atoms with Crippen LogP contribution < -0.4 is 14.8 Å². The lowest BCUT2D eigenvalue weighted by Gasteiger charge is -2.15. The maximum Gasteiger partial charge on any atom is 0.332 e. The number of aliphatic hydroxyl groups is 1. The van der Waals surface area contributed by atoms with E-state index >= 15 is 0 Å². The predicted molar refractivity (Wildman–Crippen MR) is 131 cm³/mol. The Morgan fingerprint density at radius 2 is 1.69 bits per heavy atom. The summed E-state index contributed by atoms with van der Waals surface area (Å²) < 4.78 is 21.8. The normalized spacial score (nSPS) is 11.1. The summed E-state index contributed by atoms with van der Waals surface area (Å²) in [6, 6.07) is 11.3. The summed E-state index contributed by atoms with van der Waals surface area (Å²) in [6.45, 7) is 2.92. The molecular weight excluding hydrogens is 454 g/mol. The molecule has 35 heavy (non-hydrogen) atoms. The zero-order valence-corrected chi connectivity index (χ0v) is 19.9. The summed E-state index contributed by atoms with van der Waals surface area (Å²) in [7, 11) is 3.25. The molecule has 1 aromatic heterocycles. The third kappa shape index (κ3) is 8.75. The molecule has 0 saturated heterocycles. The molecule has 0 spiro atoms. The average Bonchev–Trinajstić information content (AvgIpc) is 2.85. The van der Waals surface area contributed by atoms with E-state index in [4.69, 9.17) is 35.6 Å². The molecule has 3 N–H and O–H groups in total. The summed E-state index contributed by atoms with van der Waals surface area (Å²) in [6.07, 6.45) is 5.76. The van der Waals surface area contributed by atoms with Crippen molar-refractivity contribution in [3.8, 4) is 23.8 Å². The number of terminal acetylenes is 1. The topological polar surface area (TPSA) is 132 Å². The minimum Gasteiger partial charge on any atom is -0.487 e. The van der Waals surface area contributed by atoms with E-state index < -0.39 is 12.1 Å². The molecule has 0 aliphatic heterocycles. The molecule has 3 aromatic rings. The van der Waals surface area contributed by atoms with Crippen molar-refractivity contribution < 1.29 is 34.0 Å². The molecule has 2 aromatic carbocycles. The van der Waals surface area contributed by atoms with Gasteiger partial charge >= 0.3 is 5.97 Å². The number of anilines is 2. The number of benzene rings is 2. The van der Waals surface area contributed by atoms with Gasteiger partial charge in [-0.1, -0.05) is 12.0 Å². The van der Waals surface area contributed by atoms with E-state index in [2.05, 4.69) is 21.2 Å². The Morgan fingerprint density at radius 1 is 1.06 bits per heavy atom. The van der Waals surface area contributed by atoms with Crippen molar-refractivity contribution in [1.82, 2.24) is 9.97 Å². The van der Waals surface area contributed by atoms with Gasteiger partial charge in [0.05, 0.1) is 18.7 Å². The fourth-order valence-electron chi connectivity index (χ4n) is 2.68. The Bertz CT molecular complexity index is 1150. The highest BCUT2D eigenvalue weighted by Crippen LogP contribution is 2.35. The lowest BCUT2D eigenvalue weighted by atomic mass is 10.2. The molecular formula is C25H29N3O7. The van der Waals surface area contributed by atoms with Gasteiger partial charge in [-0.25, -0.2) is 14.8 Å². The first-order valence-electron chi connectivity index (χ1n) is 10.7. The monoisotopic (exact) mass is 483 g/mol. The summed E-state index contributed by atoms with van der Waals surface area (Å²) in [5.74, 6) is 3.26. The number of ether oxygens (including phenoxy) is 4. The van der Waals surface area contributed by atoms with E-state index in [0.717, 1.165) is 22.2 Å². The van der Waals surface area contributed by atoms with Crippen LogP contribution in [-0.4, -0.2) is 72.9 Å². The molecule has 3 rings (SSSR count). The second kappa shape index (κ2) is 14.4. The zero-order valence-electron chi connectivity index (χ0n) is 19.9. The number of aliphatic hydroxyl groups excluding tert-OH is 1. The maximum absolute atomic E-state index is 9.45. The van der Waals surface area contributed by atoms with Crippen LogP contribution in [0.2, 0.25) is 0 Å². The minimum absolute atomic E-state index is 0.392. The molecule has 186 valence electrons. The Morgan fingerprint density at radius 3 is 2.26 bits per heavy atom. The van der Waals surface area contributed by atoms with Crippen LogP contribution in [0.15, 0.2) is 42.7 Å². The molecule has 0 amide bonds. The number of methoxy groups -OCH3 is 2. The van der Waals surface area contributed by atoms with E-state index in [1.54, 1.807) is 14.2 Å². The highest BCUT2D eigenvalue weighted by molar-refractivity contribution is 5.93. The molecule has 10 heteroatoms. The van der Waals surface area contributed by atoms with Crippen molar-refractivity contribution in [3.63, 3.8) is 0 Å². The maximum atomic E-state index is 9.45. The van der Waals surface area contributed by atoms with Crippen LogP contribution in [-0.2, 0) is 14.3 Å². The Balaban J connectivity index is 0.000000641. The van der Waals surface area contributed by atoms with Crippen molar-refractivity contribution >= 4 is 28.4 Å². The second-order valence-electron chi connectivity index (χ2n) is 7.09. The summed E-state index contributed by atoms with van der Waals surface area (Å²) in [5.41, 5.74) is 2.34. The molecule has 1 atom stereocenters. The molecule has 0 fully saturated rings. The largest absolute Gasteiger partial charge is 0.487 e. The molecule has 0 unspecified atom stereocenters. The van der Waals surface area contributed by atoms with Crippen LogP contribution in [0.1, 0.15) is 12.5 Å². The number of aromatic nitrogens is 2. The first kappa shape index (κ1) is 27.3. The van der Waals surface area contributed by atoms with Crippen LogP contribution in [0.4, 0.5) is 11.5 Å². The SMILES string of the molecule is C#Cc1cccc(Nc2ncnc3cc(OCCOC)c(OCCOC)cc23)c1.C[C@H](O)C(=O)O. The molecule has 0 saturated carbocycles. The van der Waals surface area contributed by atoms with Gasteiger partial charge in [0, 0.05) is 36.9 Å². The highest BCUT2D eigenvalue weighted by atomic mass is 16.5. The first-order valence-corrected chi connectivity index (χ1v) is 10.7. The van der Waals surface area contributed by atoms with Crippen molar-refractivity contribution in [2.45, 2.75) is 13.0 Å². The van der Waals surface area contributed by atoms with Crippen LogP contribution >= 0.6 is 0 Å². The quantitative estimate of drug-likeness (QED) is 0.276. The number of rotatable bonds is 11. The van der Waals surface area contributed by atoms with Crippen LogP contribution in [0, 0.1) is 12.3 Å². The van der Waals surface area contributed by atoms with Crippen molar-refractivity contribution in [2.75, 3.05) is 46.0 Å². The highest BCUT2D eigenvalue weighted by Gasteiger charge is 2.13. The number of hydrogen-bond donors (Lipinski definition) is 3. The van der Waals surface area contributed by atoms with Gasteiger partial charge in [0.15, 0.2) is 11.5 Å². The van der Waals surface area contributed by atoms with Gasteiger partial charge < -0.3 is 34.5 Å². The number of carboxylic acids is 1. The Labute approximate surface area is 203 Å². The van der Waals surface area contributed by atoms with E-state index in [-0.39, 0.29) is 0 Å². The summed E-state index contributed by atoms with van der Waals surface area (Å²) in [4.78, 5) is 18.2. The lowest BCUT2D eigenvalue weighted by Crippen LogP contribution is -2.13. The Hall–Kier alpha value is -3.91. The second-order valence-corrected chi connectivity index (χ2v) is 7.09. The van der Waals surface area contributed by atoms with E-state index in [1.807, 2.05) is 36.4 Å². The number of nitrogens with zero attached hydrogens (tertiary/aromatic N) is 2. The number of carboxylic acid groups (broad SMARTS) is 1. The van der Waals surface area contributed by atoms with Crippen molar-refractivity contribution in [2.24, 2.45) is 0 Å². The number of hydrogen-bond acceptors (Lipinski definition) is 9. The van der Waals surface area contributed by atoms with Gasteiger partial charge in [-0.05, 0) is 31.2 Å². The number of aliphatic carboxylic acids is 1. The van der Waals surface area contributed by atoms with E-state index in [9.17, 15) is 4.79 Å². The third-order valence-electron chi connectivity index (χ3n) is 4.44. The van der Waals surface area contributed by atoms with Gasteiger partial charge in [0.1, 0.15) is 31.5 Å². The lowest BCUT2D eigenvalue weighted by molar-refractivity contribution is -0.145. The van der Waals surface area contributed by atoms with Crippen molar-refractivity contribution in [3.05, 3.63) is 48.3 Å². The van der Waals surface area contributed by atoms with Gasteiger partial charge in [0.25, 0.3) is 0 Å². The number of nitrogens with one attached hydrogen (secondary N) is 1. The fourth-order valence-corrected chi connectivity index (χ4v) is 2.68. The summed E-state index contributed by atoms with van der Waals surface area (Å²) >= 11 is 0. The first-order chi connectivity index (χ1) is 16.9. The van der Waals surface area contributed by atoms with Gasteiger partial charge in [-0.15, -0.1) is 6.42 Å². The van der Waals surface area contributed by atoms with Gasteiger partial charge in [-0.3, -0.25) is 0 Å². The molecule has 1 heterocycles. The average molecular weight is 484 g/mol. The standard InChI is InChI=1S/C22H23N3O4.C3H6O3/c1-4-16-6-5-7-17(12-16)25-22-18-13-20(28-10-8-26-2)21(29-11-9-27-3)14-19(18)23-15-24-22;1-2(4)3(5)6/h1,5-7,12-15H,8-11H2,2-3H3,(H,23,24,25);2,4H,1H3,(H,5,6)/t;2-/m.0/s1. The van der Waals surface area contributed by atoms with Crippen LogP contribution in [0.25, 0.3) is 10.9 Å². The zero-order chi connectivity index (χ0) is 25.6.